The maximum atomic E-state index is 12.6. The van der Waals surface area contributed by atoms with E-state index in [0.29, 0.717) is 13.0 Å². The second kappa shape index (κ2) is 9.26. The Morgan fingerprint density at radius 3 is 2.33 bits per heavy atom. The summed E-state index contributed by atoms with van der Waals surface area (Å²) in [5.41, 5.74) is 6.39. The molecule has 0 spiro atoms. The minimum Gasteiger partial charge on any atom is -0.352 e. The summed E-state index contributed by atoms with van der Waals surface area (Å²) in [5.74, 6) is 0.0231. The van der Waals surface area contributed by atoms with Crippen molar-refractivity contribution in [3.05, 3.63) is 82.7 Å². The molecule has 1 aromatic heterocycles. The standard InChI is InChI=1S/C25H30N4O/c1-19-24(20(2)29(27-19)23-8-4-3-5-9-23)16-25(30)26-17-21-10-12-22(13-11-21)18-28-14-6-7-15-28/h3-5,8-13H,6-7,14-18H2,1-2H3,(H,26,30). The molecular weight excluding hydrogens is 372 g/mol. The largest absolute Gasteiger partial charge is 0.352 e. The number of hydrogen-bond donors (Lipinski definition) is 1. The van der Waals surface area contributed by atoms with Crippen LogP contribution in [0.25, 0.3) is 5.69 Å². The van der Waals surface area contributed by atoms with E-state index in [1.165, 1.54) is 31.5 Å². The molecule has 1 amide bonds. The Labute approximate surface area is 178 Å². The number of aromatic nitrogens is 2. The van der Waals surface area contributed by atoms with Gasteiger partial charge >= 0.3 is 0 Å². The molecule has 0 aliphatic carbocycles. The van der Waals surface area contributed by atoms with Gasteiger partial charge in [0.2, 0.25) is 5.91 Å². The Balaban J connectivity index is 1.33. The fourth-order valence-corrected chi connectivity index (χ4v) is 4.14. The van der Waals surface area contributed by atoms with Crippen molar-refractivity contribution in [1.82, 2.24) is 20.0 Å². The number of carbonyl (C=O) groups excluding carboxylic acids is 1. The first-order valence-electron chi connectivity index (χ1n) is 10.8. The molecule has 1 N–H and O–H groups in total. The summed E-state index contributed by atoms with van der Waals surface area (Å²) in [6.07, 6.45) is 2.97. The van der Waals surface area contributed by atoms with E-state index in [0.717, 1.165) is 34.7 Å². The zero-order valence-corrected chi connectivity index (χ0v) is 17.9. The van der Waals surface area contributed by atoms with E-state index >= 15 is 0 Å². The Bertz CT molecular complexity index is 986. The predicted octanol–water partition coefficient (Wildman–Crippen LogP) is 3.94. The third kappa shape index (κ3) is 4.79. The van der Waals surface area contributed by atoms with Gasteiger partial charge in [0.25, 0.3) is 0 Å². The van der Waals surface area contributed by atoms with E-state index in [2.05, 4.69) is 39.6 Å². The van der Waals surface area contributed by atoms with Crippen molar-refractivity contribution in [2.24, 2.45) is 0 Å². The topological polar surface area (TPSA) is 50.2 Å². The average Bonchev–Trinajstić information content (AvgIpc) is 3.37. The number of para-hydroxylation sites is 1. The normalized spacial score (nSPS) is 14.2. The molecule has 0 unspecified atom stereocenters. The highest BCUT2D eigenvalue weighted by atomic mass is 16.1. The number of aryl methyl sites for hydroxylation is 1. The summed E-state index contributed by atoms with van der Waals surface area (Å²) in [7, 11) is 0. The highest BCUT2D eigenvalue weighted by Gasteiger charge is 2.16. The van der Waals surface area contributed by atoms with Crippen molar-refractivity contribution in [2.45, 2.75) is 46.2 Å². The lowest BCUT2D eigenvalue weighted by atomic mass is 10.1. The lowest BCUT2D eigenvalue weighted by Crippen LogP contribution is -2.25. The molecule has 2 heterocycles. The van der Waals surface area contributed by atoms with Crippen molar-refractivity contribution in [3.8, 4) is 5.69 Å². The van der Waals surface area contributed by atoms with Gasteiger partial charge in [0.1, 0.15) is 0 Å². The SMILES string of the molecule is Cc1nn(-c2ccccc2)c(C)c1CC(=O)NCc1ccc(CN2CCCC2)cc1. The molecule has 4 rings (SSSR count). The molecule has 1 saturated heterocycles. The molecule has 0 atom stereocenters. The third-order valence-electron chi connectivity index (χ3n) is 5.90. The molecular formula is C25H30N4O. The Kier molecular flexibility index (Phi) is 6.29. The van der Waals surface area contributed by atoms with Crippen LogP contribution in [0, 0.1) is 13.8 Å². The van der Waals surface area contributed by atoms with Gasteiger partial charge in [-0.15, -0.1) is 0 Å². The number of nitrogens with zero attached hydrogens (tertiary/aromatic N) is 3. The molecule has 0 bridgehead atoms. The summed E-state index contributed by atoms with van der Waals surface area (Å²) in [6.45, 7) is 7.97. The van der Waals surface area contributed by atoms with E-state index in [1.807, 2.05) is 48.9 Å². The Hall–Kier alpha value is -2.92. The van der Waals surface area contributed by atoms with Crippen LogP contribution in [0.4, 0.5) is 0 Å². The zero-order valence-electron chi connectivity index (χ0n) is 17.9. The molecule has 1 aliphatic heterocycles. The Morgan fingerprint density at radius 2 is 1.63 bits per heavy atom. The lowest BCUT2D eigenvalue weighted by molar-refractivity contribution is -0.120. The van der Waals surface area contributed by atoms with E-state index in [4.69, 9.17) is 0 Å². The number of benzene rings is 2. The van der Waals surface area contributed by atoms with Gasteiger partial charge in [0.15, 0.2) is 0 Å². The summed E-state index contributed by atoms with van der Waals surface area (Å²) in [4.78, 5) is 15.1. The van der Waals surface area contributed by atoms with Gasteiger partial charge in [-0.1, -0.05) is 42.5 Å². The van der Waals surface area contributed by atoms with Crippen LogP contribution in [-0.2, 0) is 24.3 Å². The second-order valence-electron chi connectivity index (χ2n) is 8.15. The van der Waals surface area contributed by atoms with E-state index in [-0.39, 0.29) is 5.91 Å². The molecule has 30 heavy (non-hydrogen) atoms. The summed E-state index contributed by atoms with van der Waals surface area (Å²) >= 11 is 0. The fraction of sp³-hybridized carbons (Fsp3) is 0.360. The van der Waals surface area contributed by atoms with Gasteiger partial charge in [0, 0.05) is 24.3 Å². The zero-order chi connectivity index (χ0) is 20.9. The maximum Gasteiger partial charge on any atom is 0.224 e. The van der Waals surface area contributed by atoms with E-state index in [9.17, 15) is 4.79 Å². The van der Waals surface area contributed by atoms with Gasteiger partial charge in [-0.25, -0.2) is 4.68 Å². The van der Waals surface area contributed by atoms with Crippen molar-refractivity contribution in [2.75, 3.05) is 13.1 Å². The monoisotopic (exact) mass is 402 g/mol. The van der Waals surface area contributed by atoms with Crippen LogP contribution in [-0.4, -0.2) is 33.7 Å². The Morgan fingerprint density at radius 1 is 0.967 bits per heavy atom. The highest BCUT2D eigenvalue weighted by molar-refractivity contribution is 5.79. The van der Waals surface area contributed by atoms with Crippen molar-refractivity contribution >= 4 is 5.91 Å². The maximum absolute atomic E-state index is 12.6. The number of rotatable bonds is 7. The first-order chi connectivity index (χ1) is 14.6. The number of hydrogen-bond acceptors (Lipinski definition) is 3. The molecule has 1 fully saturated rings. The fourth-order valence-electron chi connectivity index (χ4n) is 4.14. The van der Waals surface area contributed by atoms with Gasteiger partial charge < -0.3 is 5.32 Å². The van der Waals surface area contributed by atoms with Crippen LogP contribution in [0.1, 0.15) is 40.9 Å². The lowest BCUT2D eigenvalue weighted by Gasteiger charge is -2.14. The van der Waals surface area contributed by atoms with Crippen LogP contribution >= 0.6 is 0 Å². The average molecular weight is 403 g/mol. The predicted molar refractivity (Wildman–Crippen MR) is 120 cm³/mol. The van der Waals surface area contributed by atoms with Crippen molar-refractivity contribution in [3.63, 3.8) is 0 Å². The molecule has 5 heteroatoms. The molecule has 0 saturated carbocycles. The van der Waals surface area contributed by atoms with Gasteiger partial charge in [-0.05, 0) is 63.0 Å². The number of amides is 1. The van der Waals surface area contributed by atoms with Crippen molar-refractivity contribution < 1.29 is 4.79 Å². The number of likely N-dealkylation sites (tertiary alicyclic amines) is 1. The van der Waals surface area contributed by atoms with Crippen LogP contribution in [0.2, 0.25) is 0 Å². The van der Waals surface area contributed by atoms with Crippen LogP contribution < -0.4 is 5.32 Å². The smallest absolute Gasteiger partial charge is 0.224 e. The molecule has 156 valence electrons. The highest BCUT2D eigenvalue weighted by Crippen LogP contribution is 2.18. The molecule has 2 aromatic carbocycles. The van der Waals surface area contributed by atoms with Crippen molar-refractivity contribution in [1.29, 1.82) is 0 Å². The van der Waals surface area contributed by atoms with E-state index < -0.39 is 0 Å². The summed E-state index contributed by atoms with van der Waals surface area (Å²) in [6, 6.07) is 18.6. The molecule has 1 aliphatic rings. The third-order valence-corrected chi connectivity index (χ3v) is 5.90. The summed E-state index contributed by atoms with van der Waals surface area (Å²) in [5, 5.41) is 7.69. The quantitative estimate of drug-likeness (QED) is 0.651. The van der Waals surface area contributed by atoms with Gasteiger partial charge in [0.05, 0.1) is 17.8 Å². The number of carbonyl (C=O) groups is 1. The molecule has 3 aromatic rings. The van der Waals surface area contributed by atoms with Crippen LogP contribution in [0.3, 0.4) is 0 Å². The van der Waals surface area contributed by atoms with E-state index in [1.54, 1.807) is 0 Å². The first-order valence-corrected chi connectivity index (χ1v) is 10.8. The first kappa shape index (κ1) is 20.4. The minimum absolute atomic E-state index is 0.0231. The molecule has 0 radical (unpaired) electrons. The van der Waals surface area contributed by atoms with Gasteiger partial charge in [-0.3, -0.25) is 9.69 Å². The minimum atomic E-state index is 0.0231. The second-order valence-corrected chi connectivity index (χ2v) is 8.15. The van der Waals surface area contributed by atoms with Crippen LogP contribution in [0.5, 0.6) is 0 Å². The van der Waals surface area contributed by atoms with Gasteiger partial charge in [-0.2, -0.15) is 5.10 Å². The van der Waals surface area contributed by atoms with Crippen LogP contribution in [0.15, 0.2) is 54.6 Å². The molecule has 5 nitrogen and oxygen atoms in total. The number of nitrogens with one attached hydrogen (secondary N) is 1. The summed E-state index contributed by atoms with van der Waals surface area (Å²) < 4.78 is 1.91.